The molecule has 230 valence electrons. The Hall–Kier alpha value is -6.58. The Balaban J connectivity index is 1.23. The molecular weight excluding hydrogens is 599 g/mol. The third-order valence-electron chi connectivity index (χ3n) is 9.66. The lowest BCUT2D eigenvalue weighted by atomic mass is 9.95. The van der Waals surface area contributed by atoms with Crippen LogP contribution in [0.1, 0.15) is 0 Å². The molecule has 0 aliphatic carbocycles. The highest BCUT2D eigenvalue weighted by Crippen LogP contribution is 2.46. The first-order valence-corrected chi connectivity index (χ1v) is 16.6. The minimum absolute atomic E-state index is 0.845. The van der Waals surface area contributed by atoms with Crippen molar-refractivity contribution in [3.63, 3.8) is 0 Å². The molecule has 3 heteroatoms. The van der Waals surface area contributed by atoms with Crippen LogP contribution in [-0.2, 0) is 0 Å². The van der Waals surface area contributed by atoms with Gasteiger partial charge < -0.3 is 13.7 Å². The van der Waals surface area contributed by atoms with Crippen LogP contribution in [0.25, 0.3) is 76.9 Å². The monoisotopic (exact) mass is 627 g/mol. The van der Waals surface area contributed by atoms with Gasteiger partial charge in [-0.05, 0) is 81.6 Å². The van der Waals surface area contributed by atoms with Gasteiger partial charge in [-0.1, -0.05) is 127 Å². The highest BCUT2D eigenvalue weighted by Gasteiger charge is 2.22. The van der Waals surface area contributed by atoms with Crippen molar-refractivity contribution in [2.24, 2.45) is 0 Å². The molecule has 0 unspecified atom stereocenters. The first kappa shape index (κ1) is 27.5. The van der Waals surface area contributed by atoms with Crippen LogP contribution in [0.5, 0.6) is 0 Å². The van der Waals surface area contributed by atoms with Crippen LogP contribution in [0.4, 0.5) is 17.1 Å². The summed E-state index contributed by atoms with van der Waals surface area (Å²) in [5.41, 5.74) is 11.2. The zero-order chi connectivity index (χ0) is 32.3. The normalized spacial score (nSPS) is 11.7. The van der Waals surface area contributed by atoms with Crippen LogP contribution in [0.2, 0.25) is 0 Å². The van der Waals surface area contributed by atoms with Gasteiger partial charge in [0.1, 0.15) is 16.7 Å². The summed E-state index contributed by atoms with van der Waals surface area (Å²) >= 11 is 0. The molecule has 0 fully saturated rings. The summed E-state index contributed by atoms with van der Waals surface area (Å²) in [6.45, 7) is 0. The van der Waals surface area contributed by atoms with Gasteiger partial charge in [0.15, 0.2) is 5.58 Å². The Morgan fingerprint density at radius 3 is 1.76 bits per heavy atom. The van der Waals surface area contributed by atoms with E-state index in [0.29, 0.717) is 0 Å². The average molecular weight is 628 g/mol. The Morgan fingerprint density at radius 2 is 0.959 bits per heavy atom. The molecule has 0 bridgehead atoms. The Bertz CT molecular complexity index is 2810. The molecule has 2 aromatic heterocycles. The molecule has 0 radical (unpaired) electrons. The number of fused-ring (bicyclic) bond motifs is 8. The largest absolute Gasteiger partial charge is 0.456 e. The molecule has 0 aliphatic heterocycles. The average Bonchev–Trinajstić information content (AvgIpc) is 3.74. The van der Waals surface area contributed by atoms with Crippen LogP contribution >= 0.6 is 0 Å². The van der Waals surface area contributed by atoms with Gasteiger partial charge in [-0.15, -0.1) is 0 Å². The first-order valence-electron chi connectivity index (χ1n) is 16.6. The van der Waals surface area contributed by atoms with Crippen molar-refractivity contribution in [3.8, 4) is 22.3 Å². The lowest BCUT2D eigenvalue weighted by Crippen LogP contribution is -2.10. The van der Waals surface area contributed by atoms with E-state index in [0.717, 1.165) is 66.5 Å². The minimum Gasteiger partial charge on any atom is -0.456 e. The smallest absolute Gasteiger partial charge is 0.159 e. The zero-order valence-electron chi connectivity index (χ0n) is 26.5. The first-order chi connectivity index (χ1) is 24.3. The van der Waals surface area contributed by atoms with Crippen molar-refractivity contribution < 1.29 is 8.83 Å². The lowest BCUT2D eigenvalue weighted by molar-refractivity contribution is 0.669. The van der Waals surface area contributed by atoms with E-state index >= 15 is 0 Å². The topological polar surface area (TPSA) is 29.5 Å². The van der Waals surface area contributed by atoms with Crippen LogP contribution in [0.15, 0.2) is 185 Å². The summed E-state index contributed by atoms with van der Waals surface area (Å²) in [6.07, 6.45) is 0. The summed E-state index contributed by atoms with van der Waals surface area (Å²) in [5, 5.41) is 6.78. The van der Waals surface area contributed by atoms with E-state index in [4.69, 9.17) is 8.83 Å². The number of hydrogen-bond acceptors (Lipinski definition) is 3. The molecular formula is C46H29NO2. The van der Waals surface area contributed by atoms with Crippen LogP contribution in [0, 0.1) is 0 Å². The SMILES string of the molecule is c1ccc(-c2ccc(N(c3ccc4oc5ccccc5c4c3)c3cccc4c3oc3cc(-c5ccccc5)c5ccccc5c34)cc2)cc1. The molecule has 0 amide bonds. The summed E-state index contributed by atoms with van der Waals surface area (Å²) in [5.74, 6) is 0. The zero-order valence-corrected chi connectivity index (χ0v) is 26.5. The highest BCUT2D eigenvalue weighted by atomic mass is 16.3. The molecule has 8 aromatic carbocycles. The standard InChI is InChI=1S/C46H29NO2/c1-3-12-30(13-4-1)31-22-24-33(25-23-31)47(34-26-27-43-40(28-34)36-17-9-10-21-42(36)48-43)41-20-11-19-38-45-37-18-8-7-16-35(37)39(29-44(45)49-46(38)41)32-14-5-2-6-15-32/h1-29H. The fourth-order valence-electron chi connectivity index (χ4n) is 7.39. The molecule has 0 saturated heterocycles. The second-order valence-electron chi connectivity index (χ2n) is 12.5. The second-order valence-corrected chi connectivity index (χ2v) is 12.5. The predicted molar refractivity (Wildman–Crippen MR) is 204 cm³/mol. The van der Waals surface area contributed by atoms with Crippen LogP contribution in [0.3, 0.4) is 0 Å². The van der Waals surface area contributed by atoms with E-state index in [-0.39, 0.29) is 0 Å². The minimum atomic E-state index is 0.845. The number of nitrogens with zero attached hydrogens (tertiary/aromatic N) is 1. The quantitative estimate of drug-likeness (QED) is 0.190. The fourth-order valence-corrected chi connectivity index (χ4v) is 7.39. The molecule has 2 heterocycles. The second kappa shape index (κ2) is 11.0. The van der Waals surface area contributed by atoms with Crippen molar-refractivity contribution in [3.05, 3.63) is 176 Å². The predicted octanol–water partition coefficient (Wildman–Crippen LogP) is 13.4. The van der Waals surface area contributed by atoms with Gasteiger partial charge in [-0.2, -0.15) is 0 Å². The maximum atomic E-state index is 6.95. The molecule has 49 heavy (non-hydrogen) atoms. The van der Waals surface area contributed by atoms with Gasteiger partial charge in [0.2, 0.25) is 0 Å². The maximum absolute atomic E-state index is 6.95. The molecule has 0 atom stereocenters. The number of hydrogen-bond donors (Lipinski definition) is 0. The van der Waals surface area contributed by atoms with Gasteiger partial charge >= 0.3 is 0 Å². The third-order valence-corrected chi connectivity index (χ3v) is 9.66. The number of furan rings is 2. The summed E-state index contributed by atoms with van der Waals surface area (Å²) in [6, 6.07) is 61.9. The van der Waals surface area contributed by atoms with Crippen molar-refractivity contribution >= 4 is 71.7 Å². The van der Waals surface area contributed by atoms with E-state index in [1.807, 2.05) is 12.1 Å². The fraction of sp³-hybridized carbons (Fsp3) is 0. The molecule has 0 saturated carbocycles. The van der Waals surface area contributed by atoms with E-state index in [9.17, 15) is 0 Å². The summed E-state index contributed by atoms with van der Waals surface area (Å²) < 4.78 is 13.2. The van der Waals surface area contributed by atoms with Gasteiger partial charge in [-0.3, -0.25) is 0 Å². The molecule has 0 spiro atoms. The van der Waals surface area contributed by atoms with Crippen molar-refractivity contribution in [2.75, 3.05) is 4.90 Å². The van der Waals surface area contributed by atoms with E-state index in [2.05, 4.69) is 169 Å². The van der Waals surface area contributed by atoms with Crippen molar-refractivity contribution in [2.45, 2.75) is 0 Å². The number of para-hydroxylation sites is 2. The lowest BCUT2D eigenvalue weighted by Gasteiger charge is -2.26. The highest BCUT2D eigenvalue weighted by molar-refractivity contribution is 6.23. The van der Waals surface area contributed by atoms with Crippen LogP contribution < -0.4 is 4.90 Å². The van der Waals surface area contributed by atoms with Gasteiger partial charge in [-0.25, -0.2) is 0 Å². The van der Waals surface area contributed by atoms with E-state index < -0.39 is 0 Å². The number of benzene rings is 8. The van der Waals surface area contributed by atoms with E-state index in [1.54, 1.807) is 0 Å². The Morgan fingerprint density at radius 1 is 0.347 bits per heavy atom. The molecule has 3 nitrogen and oxygen atoms in total. The van der Waals surface area contributed by atoms with Crippen molar-refractivity contribution in [1.82, 2.24) is 0 Å². The molecule has 0 N–H and O–H groups in total. The summed E-state index contributed by atoms with van der Waals surface area (Å²) in [4.78, 5) is 2.31. The number of rotatable bonds is 5. The Labute approximate surface area is 282 Å². The number of anilines is 3. The van der Waals surface area contributed by atoms with Gasteiger partial charge in [0.05, 0.1) is 5.69 Å². The van der Waals surface area contributed by atoms with E-state index in [1.165, 1.54) is 27.5 Å². The summed E-state index contributed by atoms with van der Waals surface area (Å²) in [7, 11) is 0. The Kier molecular flexibility index (Phi) is 6.18. The molecule has 0 aliphatic rings. The van der Waals surface area contributed by atoms with Crippen molar-refractivity contribution in [1.29, 1.82) is 0 Å². The van der Waals surface area contributed by atoms with Crippen LogP contribution in [-0.4, -0.2) is 0 Å². The van der Waals surface area contributed by atoms with Gasteiger partial charge in [0, 0.05) is 32.9 Å². The maximum Gasteiger partial charge on any atom is 0.159 e. The third kappa shape index (κ3) is 4.44. The molecule has 10 rings (SSSR count). The molecule has 10 aromatic rings. The van der Waals surface area contributed by atoms with Gasteiger partial charge in [0.25, 0.3) is 0 Å².